The van der Waals surface area contributed by atoms with Crippen LogP contribution in [0.5, 0.6) is 0 Å². The quantitative estimate of drug-likeness (QED) is 0.718. The molecule has 0 saturated carbocycles. The second kappa shape index (κ2) is 5.32. The Morgan fingerprint density at radius 1 is 1.38 bits per heavy atom. The fraction of sp³-hybridized carbons (Fsp3) is 0.200. The first-order valence-electron chi connectivity index (χ1n) is 4.56. The van der Waals surface area contributed by atoms with E-state index in [1.165, 1.54) is 0 Å². The first-order valence-corrected chi connectivity index (χ1v) is 5.35. The maximum Gasteiger partial charge on any atom is 0.293 e. The molecule has 0 amide bonds. The van der Waals surface area contributed by atoms with Crippen LogP contribution in [0.25, 0.3) is 0 Å². The van der Waals surface area contributed by atoms with E-state index in [9.17, 15) is 0 Å². The molecule has 2 rings (SSSR count). The zero-order valence-electron chi connectivity index (χ0n) is 8.60. The Morgan fingerprint density at radius 2 is 2.00 bits per heavy atom. The molecule has 1 aromatic carbocycles. The number of hydrogen-bond acceptors (Lipinski definition) is 3. The molecule has 0 spiro atoms. The van der Waals surface area contributed by atoms with Crippen molar-refractivity contribution in [2.45, 2.75) is 13.0 Å². The van der Waals surface area contributed by atoms with E-state index < -0.39 is 0 Å². The molecule has 86 valence electrons. The molecule has 1 atom stereocenters. The fourth-order valence-corrected chi connectivity index (χ4v) is 1.61. The van der Waals surface area contributed by atoms with Gasteiger partial charge in [0.15, 0.2) is 0 Å². The van der Waals surface area contributed by atoms with Gasteiger partial charge in [0.2, 0.25) is 11.3 Å². The Hall–Kier alpha value is -1.07. The van der Waals surface area contributed by atoms with Crippen molar-refractivity contribution in [1.29, 1.82) is 0 Å². The molecule has 4 nitrogen and oxygen atoms in total. The van der Waals surface area contributed by atoms with E-state index >= 15 is 0 Å². The molecule has 2 N–H and O–H groups in total. The minimum Gasteiger partial charge on any atom is -1.00 e. The maximum absolute atomic E-state index is 5.46. The van der Waals surface area contributed by atoms with E-state index in [2.05, 4.69) is 21.2 Å². The van der Waals surface area contributed by atoms with Crippen LogP contribution in [0.2, 0.25) is 0 Å². The lowest BCUT2D eigenvalue weighted by Gasteiger charge is -2.01. The van der Waals surface area contributed by atoms with E-state index in [4.69, 9.17) is 10.3 Å². The second-order valence-corrected chi connectivity index (χ2v) is 4.23. The minimum absolute atomic E-state index is 0. The number of rotatable bonds is 2. The number of nitrogen functional groups attached to an aromatic ring is 1. The topological polar surface area (TPSA) is 55.9 Å². The lowest BCUT2D eigenvalue weighted by Crippen LogP contribution is -3.00. The predicted molar refractivity (Wildman–Crippen MR) is 59.1 cm³/mol. The van der Waals surface area contributed by atoms with Crippen LogP contribution in [-0.4, -0.2) is 5.27 Å². The van der Waals surface area contributed by atoms with E-state index in [1.54, 1.807) is 10.9 Å². The zero-order valence-corrected chi connectivity index (χ0v) is 10.9. The molecule has 0 fully saturated rings. The summed E-state index contributed by atoms with van der Waals surface area (Å²) in [6.07, 6.45) is 1.67. The highest BCUT2D eigenvalue weighted by molar-refractivity contribution is 9.10. The van der Waals surface area contributed by atoms with Crippen molar-refractivity contribution >= 4 is 21.8 Å². The van der Waals surface area contributed by atoms with Crippen LogP contribution in [0, 0.1) is 0 Å². The lowest BCUT2D eigenvalue weighted by molar-refractivity contribution is -0.774. The molecule has 0 aliphatic rings. The van der Waals surface area contributed by atoms with E-state index in [-0.39, 0.29) is 18.4 Å². The first kappa shape index (κ1) is 13.0. The van der Waals surface area contributed by atoms with Crippen LogP contribution in [0.4, 0.5) is 5.88 Å². The molecule has 0 bridgehead atoms. The summed E-state index contributed by atoms with van der Waals surface area (Å²) in [6.45, 7) is 2.03. The van der Waals surface area contributed by atoms with Crippen molar-refractivity contribution in [3.63, 3.8) is 0 Å². The highest BCUT2D eigenvalue weighted by Crippen LogP contribution is 2.16. The van der Waals surface area contributed by atoms with Crippen LogP contribution in [-0.2, 0) is 0 Å². The zero-order chi connectivity index (χ0) is 10.8. The number of aromatic nitrogens is 2. The van der Waals surface area contributed by atoms with E-state index in [0.29, 0.717) is 5.88 Å². The Bertz CT molecular complexity index is 457. The van der Waals surface area contributed by atoms with Gasteiger partial charge in [0.1, 0.15) is 0 Å². The van der Waals surface area contributed by atoms with Crippen molar-refractivity contribution in [3.05, 3.63) is 40.5 Å². The normalized spacial score (nSPS) is 11.9. The second-order valence-electron chi connectivity index (χ2n) is 3.31. The summed E-state index contributed by atoms with van der Waals surface area (Å²) in [6, 6.07) is 8.17. The van der Waals surface area contributed by atoms with Gasteiger partial charge in [0.25, 0.3) is 12.1 Å². The summed E-state index contributed by atoms with van der Waals surface area (Å²) in [7, 11) is 0. The third-order valence-corrected chi connectivity index (χ3v) is 2.78. The monoisotopic (exact) mass is 303 g/mol. The van der Waals surface area contributed by atoms with Crippen molar-refractivity contribution in [3.8, 4) is 0 Å². The average molecular weight is 305 g/mol. The van der Waals surface area contributed by atoms with Crippen LogP contribution < -0.4 is 22.8 Å². The molecule has 0 aliphatic carbocycles. The van der Waals surface area contributed by atoms with Crippen molar-refractivity contribution < 1.29 is 21.6 Å². The molecule has 2 aromatic rings. The van der Waals surface area contributed by atoms with Crippen molar-refractivity contribution in [1.82, 2.24) is 5.27 Å². The Balaban J connectivity index is 0.00000128. The van der Waals surface area contributed by atoms with Gasteiger partial charge in [-0.05, 0) is 16.8 Å². The molecule has 1 heterocycles. The highest BCUT2D eigenvalue weighted by Gasteiger charge is 2.19. The lowest BCUT2D eigenvalue weighted by atomic mass is 10.1. The molecule has 1 aromatic heterocycles. The largest absolute Gasteiger partial charge is 1.00 e. The van der Waals surface area contributed by atoms with Crippen LogP contribution >= 0.6 is 15.9 Å². The molecule has 0 aliphatic heterocycles. The molecular formula is C10H11BrClN3O. The number of benzene rings is 1. The Morgan fingerprint density at radius 3 is 2.50 bits per heavy atom. The number of nitrogens with two attached hydrogens (primary N) is 1. The third kappa shape index (κ3) is 2.74. The van der Waals surface area contributed by atoms with Crippen molar-refractivity contribution in [2.75, 3.05) is 5.73 Å². The summed E-state index contributed by atoms with van der Waals surface area (Å²) < 4.78 is 7.56. The van der Waals surface area contributed by atoms with E-state index in [0.717, 1.165) is 10.0 Å². The summed E-state index contributed by atoms with van der Waals surface area (Å²) in [5.41, 5.74) is 6.61. The maximum atomic E-state index is 5.46. The highest BCUT2D eigenvalue weighted by atomic mass is 79.9. The number of nitrogens with zero attached hydrogens (tertiary/aromatic N) is 2. The van der Waals surface area contributed by atoms with Crippen molar-refractivity contribution in [2.24, 2.45) is 0 Å². The van der Waals surface area contributed by atoms with Gasteiger partial charge >= 0.3 is 0 Å². The van der Waals surface area contributed by atoms with Crippen LogP contribution in [0.15, 0.2) is 39.5 Å². The van der Waals surface area contributed by atoms with Crippen LogP contribution in [0.1, 0.15) is 18.5 Å². The fourth-order valence-electron chi connectivity index (χ4n) is 1.35. The Labute approximate surface area is 108 Å². The third-order valence-electron chi connectivity index (χ3n) is 2.25. The SMILES string of the molecule is C[C@@H](c1ccc(Br)cc1)[n+]1cc(N)on1.[Cl-]. The number of anilines is 1. The van der Waals surface area contributed by atoms with Gasteiger partial charge in [-0.25, -0.2) is 0 Å². The number of halogens is 2. The summed E-state index contributed by atoms with van der Waals surface area (Å²) in [5, 5.41) is 3.82. The Kier molecular flexibility index (Phi) is 4.32. The van der Waals surface area contributed by atoms with Gasteiger partial charge < -0.3 is 18.1 Å². The molecule has 6 heteroatoms. The first-order chi connectivity index (χ1) is 7.16. The molecular weight excluding hydrogens is 293 g/mol. The van der Waals surface area contributed by atoms with Gasteiger partial charge in [-0.2, -0.15) is 0 Å². The molecule has 0 saturated heterocycles. The van der Waals surface area contributed by atoms with Gasteiger partial charge in [0.05, 0.1) is 0 Å². The van der Waals surface area contributed by atoms with Gasteiger partial charge in [0, 0.05) is 17.0 Å². The van der Waals surface area contributed by atoms with E-state index in [1.807, 2.05) is 31.2 Å². The standard InChI is InChI=1S/C10H11BrN3O.ClH/c1-7(14-6-10(12)15-13-14)8-2-4-9(11)5-3-8;/h2-7H,12H2,1H3;1H/q+1;/p-1/t7-;/m0./s1. The smallest absolute Gasteiger partial charge is 0.293 e. The summed E-state index contributed by atoms with van der Waals surface area (Å²) >= 11 is 3.39. The van der Waals surface area contributed by atoms with Gasteiger partial charge in [-0.15, -0.1) is 0 Å². The van der Waals surface area contributed by atoms with Gasteiger partial charge in [-0.3, -0.25) is 4.52 Å². The van der Waals surface area contributed by atoms with Gasteiger partial charge in [-0.1, -0.05) is 28.1 Å². The number of hydrogen-bond donors (Lipinski definition) is 1. The molecule has 0 radical (unpaired) electrons. The summed E-state index contributed by atoms with van der Waals surface area (Å²) in [5.74, 6) is 0.318. The summed E-state index contributed by atoms with van der Waals surface area (Å²) in [4.78, 5) is 0. The molecule has 0 unspecified atom stereocenters. The average Bonchev–Trinajstić information content (AvgIpc) is 2.65. The molecule has 16 heavy (non-hydrogen) atoms. The predicted octanol–water partition coefficient (Wildman–Crippen LogP) is -1.08. The minimum atomic E-state index is 0. The van der Waals surface area contributed by atoms with Crippen LogP contribution in [0.3, 0.4) is 0 Å².